The topological polar surface area (TPSA) is 87.4 Å². The van der Waals surface area contributed by atoms with E-state index in [-0.39, 0.29) is 13.2 Å². The van der Waals surface area contributed by atoms with Crippen LogP contribution < -0.4 is 11.0 Å². The maximum absolute atomic E-state index is 11.6. The van der Waals surface area contributed by atoms with Crippen molar-refractivity contribution < 1.29 is 10.2 Å². The molecule has 1 heterocycles. The number of aromatic nitrogens is 2. The van der Waals surface area contributed by atoms with Gasteiger partial charge in [-0.1, -0.05) is 0 Å². The predicted octanol–water partition coefficient (Wildman–Crippen LogP) is -0.663. The summed E-state index contributed by atoms with van der Waals surface area (Å²) >= 11 is 0. The molecule has 0 bridgehead atoms. The molecule has 1 aromatic heterocycles. The zero-order valence-corrected chi connectivity index (χ0v) is 9.47. The van der Waals surface area contributed by atoms with E-state index in [1.165, 1.54) is 4.57 Å². The van der Waals surface area contributed by atoms with Crippen molar-refractivity contribution in [3.63, 3.8) is 0 Å². The van der Waals surface area contributed by atoms with Gasteiger partial charge in [-0.15, -0.1) is 0 Å². The van der Waals surface area contributed by atoms with Gasteiger partial charge in [0.25, 0.3) is 0 Å². The average molecular weight is 227 g/mol. The van der Waals surface area contributed by atoms with Gasteiger partial charge in [-0.2, -0.15) is 4.98 Å². The van der Waals surface area contributed by atoms with Gasteiger partial charge >= 0.3 is 5.69 Å². The van der Waals surface area contributed by atoms with Crippen molar-refractivity contribution in [2.75, 3.05) is 18.5 Å². The van der Waals surface area contributed by atoms with Crippen LogP contribution in [0.25, 0.3) is 0 Å². The Bertz CT molecular complexity index is 403. The Morgan fingerprint density at radius 3 is 2.81 bits per heavy atom. The number of nitrogens with zero attached hydrogens (tertiary/aromatic N) is 2. The molecule has 16 heavy (non-hydrogen) atoms. The van der Waals surface area contributed by atoms with Gasteiger partial charge in [-0.25, -0.2) is 4.79 Å². The second kappa shape index (κ2) is 5.62. The van der Waals surface area contributed by atoms with Gasteiger partial charge < -0.3 is 15.5 Å². The third-order valence-corrected chi connectivity index (χ3v) is 2.18. The lowest BCUT2D eigenvalue weighted by Gasteiger charge is -2.13. The highest BCUT2D eigenvalue weighted by atomic mass is 16.3. The minimum absolute atomic E-state index is 0.0561. The van der Waals surface area contributed by atoms with Crippen molar-refractivity contribution >= 4 is 5.82 Å². The molecule has 0 aliphatic heterocycles. The van der Waals surface area contributed by atoms with Crippen molar-refractivity contribution in [3.8, 4) is 0 Å². The zero-order valence-electron chi connectivity index (χ0n) is 9.47. The highest BCUT2D eigenvalue weighted by Crippen LogP contribution is 2.03. The maximum Gasteiger partial charge on any atom is 0.349 e. The van der Waals surface area contributed by atoms with E-state index in [1.54, 1.807) is 13.0 Å². The van der Waals surface area contributed by atoms with Crippen LogP contribution in [0.5, 0.6) is 0 Å². The van der Waals surface area contributed by atoms with E-state index in [0.717, 1.165) is 0 Å². The molecule has 0 aromatic carbocycles. The van der Waals surface area contributed by atoms with E-state index in [2.05, 4.69) is 10.3 Å². The Morgan fingerprint density at radius 1 is 1.62 bits per heavy atom. The third kappa shape index (κ3) is 3.04. The molecule has 0 radical (unpaired) electrons. The molecule has 0 amide bonds. The first kappa shape index (κ1) is 12.7. The van der Waals surface area contributed by atoms with Gasteiger partial charge in [0.2, 0.25) is 0 Å². The van der Waals surface area contributed by atoms with Gasteiger partial charge in [-0.05, 0) is 19.9 Å². The molecule has 0 spiro atoms. The zero-order chi connectivity index (χ0) is 12.1. The summed E-state index contributed by atoms with van der Waals surface area (Å²) in [7, 11) is 0. The first-order valence-corrected chi connectivity index (χ1v) is 5.19. The standard InChI is InChI=1S/C10H17N3O3/c1-3-11-9-4-7(2)13(10(16)12-9)5-8(15)6-14/h4,8,14-15H,3,5-6H2,1-2H3,(H,11,12,16). The smallest absolute Gasteiger partial charge is 0.349 e. The monoisotopic (exact) mass is 227 g/mol. The molecule has 90 valence electrons. The Labute approximate surface area is 93.6 Å². The third-order valence-electron chi connectivity index (χ3n) is 2.18. The molecule has 0 saturated carbocycles. The molecule has 1 aromatic rings. The molecule has 3 N–H and O–H groups in total. The summed E-state index contributed by atoms with van der Waals surface area (Å²) in [5, 5.41) is 20.9. The molecule has 0 saturated heterocycles. The molecular formula is C10H17N3O3. The van der Waals surface area contributed by atoms with Gasteiger partial charge in [0, 0.05) is 12.2 Å². The van der Waals surface area contributed by atoms with Crippen LogP contribution in [0.2, 0.25) is 0 Å². The van der Waals surface area contributed by atoms with E-state index in [9.17, 15) is 9.90 Å². The highest BCUT2D eigenvalue weighted by Gasteiger charge is 2.09. The lowest BCUT2D eigenvalue weighted by molar-refractivity contribution is 0.0795. The van der Waals surface area contributed by atoms with Gasteiger partial charge in [0.1, 0.15) is 5.82 Å². The molecule has 0 aliphatic carbocycles. The van der Waals surface area contributed by atoms with Gasteiger partial charge in [0.15, 0.2) is 0 Å². The largest absolute Gasteiger partial charge is 0.394 e. The number of anilines is 1. The molecule has 1 unspecified atom stereocenters. The predicted molar refractivity (Wildman–Crippen MR) is 60.5 cm³/mol. The number of aliphatic hydroxyl groups excluding tert-OH is 2. The number of aryl methyl sites for hydroxylation is 1. The molecule has 0 aliphatic rings. The summed E-state index contributed by atoms with van der Waals surface area (Å²) in [6.07, 6.45) is -0.941. The van der Waals surface area contributed by atoms with Crippen LogP contribution >= 0.6 is 0 Å². The van der Waals surface area contributed by atoms with Crippen molar-refractivity contribution in [2.45, 2.75) is 26.5 Å². The summed E-state index contributed by atoms with van der Waals surface area (Å²) < 4.78 is 1.34. The number of nitrogens with one attached hydrogen (secondary N) is 1. The van der Waals surface area contributed by atoms with Crippen LogP contribution in [0.15, 0.2) is 10.9 Å². The number of rotatable bonds is 5. The van der Waals surface area contributed by atoms with Crippen molar-refractivity contribution in [3.05, 3.63) is 22.2 Å². The van der Waals surface area contributed by atoms with E-state index in [0.29, 0.717) is 18.1 Å². The molecule has 6 nitrogen and oxygen atoms in total. The van der Waals surface area contributed by atoms with Crippen molar-refractivity contribution in [1.29, 1.82) is 0 Å². The second-order valence-electron chi connectivity index (χ2n) is 3.54. The summed E-state index contributed by atoms with van der Waals surface area (Å²) in [5.74, 6) is 0.528. The number of aliphatic hydroxyl groups is 2. The Hall–Kier alpha value is -1.40. The maximum atomic E-state index is 11.6. The lowest BCUT2D eigenvalue weighted by atomic mass is 10.3. The van der Waals surface area contributed by atoms with Gasteiger partial charge in [0.05, 0.1) is 19.3 Å². The van der Waals surface area contributed by atoms with Crippen LogP contribution in [-0.2, 0) is 6.54 Å². The van der Waals surface area contributed by atoms with Crippen molar-refractivity contribution in [1.82, 2.24) is 9.55 Å². The quantitative estimate of drug-likeness (QED) is 0.621. The minimum Gasteiger partial charge on any atom is -0.394 e. The fourth-order valence-electron chi connectivity index (χ4n) is 1.38. The SMILES string of the molecule is CCNc1cc(C)n(CC(O)CO)c(=O)n1. The number of hydrogen-bond acceptors (Lipinski definition) is 5. The average Bonchev–Trinajstić information content (AvgIpc) is 2.23. The summed E-state index contributed by atoms with van der Waals surface area (Å²) in [6.45, 7) is 4.04. The fraction of sp³-hybridized carbons (Fsp3) is 0.600. The second-order valence-corrected chi connectivity index (χ2v) is 3.54. The molecule has 0 fully saturated rings. The first-order chi connectivity index (χ1) is 7.58. The van der Waals surface area contributed by atoms with Crippen molar-refractivity contribution in [2.24, 2.45) is 0 Å². The van der Waals surface area contributed by atoms with Crippen LogP contribution in [0.1, 0.15) is 12.6 Å². The molecule has 1 atom stereocenters. The molecule has 6 heteroatoms. The van der Waals surface area contributed by atoms with E-state index in [1.807, 2.05) is 6.92 Å². The van der Waals surface area contributed by atoms with E-state index < -0.39 is 11.8 Å². The number of hydrogen-bond donors (Lipinski definition) is 3. The summed E-state index contributed by atoms with van der Waals surface area (Å²) in [5.41, 5.74) is 0.270. The summed E-state index contributed by atoms with van der Waals surface area (Å²) in [6, 6.07) is 1.73. The molecular weight excluding hydrogens is 210 g/mol. The minimum atomic E-state index is -0.941. The highest BCUT2D eigenvalue weighted by molar-refractivity contribution is 5.34. The van der Waals surface area contributed by atoms with Crippen LogP contribution in [0, 0.1) is 6.92 Å². The lowest BCUT2D eigenvalue weighted by Crippen LogP contribution is -2.32. The fourth-order valence-corrected chi connectivity index (χ4v) is 1.38. The van der Waals surface area contributed by atoms with Crippen LogP contribution in [0.3, 0.4) is 0 Å². The van der Waals surface area contributed by atoms with Gasteiger partial charge in [-0.3, -0.25) is 4.57 Å². The first-order valence-electron chi connectivity index (χ1n) is 5.19. The Kier molecular flexibility index (Phi) is 4.45. The van der Waals surface area contributed by atoms with E-state index in [4.69, 9.17) is 5.11 Å². The van der Waals surface area contributed by atoms with E-state index >= 15 is 0 Å². The summed E-state index contributed by atoms with van der Waals surface area (Å²) in [4.78, 5) is 15.4. The van der Waals surface area contributed by atoms with Crippen LogP contribution in [-0.4, -0.2) is 39.0 Å². The van der Waals surface area contributed by atoms with Crippen LogP contribution in [0.4, 0.5) is 5.82 Å². The normalized spacial score (nSPS) is 12.5. The molecule has 1 rings (SSSR count). The Morgan fingerprint density at radius 2 is 2.31 bits per heavy atom. The Balaban J connectivity index is 2.98.